The Hall–Kier alpha value is -3.78. The van der Waals surface area contributed by atoms with Crippen LogP contribution in [0.1, 0.15) is 10.4 Å². The SMILES string of the molecule is O=Cc1cn(-c2nc(Nc3cccc(N4CCNCC4)c3)ncc2F)c2ccccc12. The monoisotopic (exact) mass is 416 g/mol. The highest BCUT2D eigenvalue weighted by Gasteiger charge is 2.15. The molecule has 0 amide bonds. The van der Waals surface area contributed by atoms with Crippen molar-refractivity contribution in [3.05, 3.63) is 72.3 Å². The van der Waals surface area contributed by atoms with E-state index in [0.717, 1.165) is 55.4 Å². The summed E-state index contributed by atoms with van der Waals surface area (Å²) in [5.41, 5.74) is 3.11. The lowest BCUT2D eigenvalue weighted by Gasteiger charge is -2.29. The molecule has 2 aromatic heterocycles. The molecule has 0 unspecified atom stereocenters. The lowest BCUT2D eigenvalue weighted by molar-refractivity contribution is 0.112. The Balaban J connectivity index is 1.48. The number of nitrogens with zero attached hydrogens (tertiary/aromatic N) is 4. The van der Waals surface area contributed by atoms with Gasteiger partial charge in [-0.3, -0.25) is 9.36 Å². The largest absolute Gasteiger partial charge is 0.369 e. The number of benzene rings is 2. The summed E-state index contributed by atoms with van der Waals surface area (Å²) >= 11 is 0. The molecule has 0 bridgehead atoms. The van der Waals surface area contributed by atoms with E-state index in [4.69, 9.17) is 0 Å². The molecule has 2 N–H and O–H groups in total. The number of carbonyl (C=O) groups is 1. The Morgan fingerprint density at radius 3 is 2.77 bits per heavy atom. The molecule has 1 aliphatic rings. The van der Waals surface area contributed by atoms with Crippen LogP contribution in [0.2, 0.25) is 0 Å². The molecule has 1 aliphatic heterocycles. The minimum absolute atomic E-state index is 0.0834. The molecule has 0 saturated carbocycles. The smallest absolute Gasteiger partial charge is 0.229 e. The van der Waals surface area contributed by atoms with Crippen LogP contribution < -0.4 is 15.5 Å². The Morgan fingerprint density at radius 1 is 1.10 bits per heavy atom. The van der Waals surface area contributed by atoms with Gasteiger partial charge in [-0.1, -0.05) is 24.3 Å². The minimum Gasteiger partial charge on any atom is -0.369 e. The van der Waals surface area contributed by atoms with Gasteiger partial charge in [0.05, 0.1) is 11.7 Å². The van der Waals surface area contributed by atoms with Gasteiger partial charge in [0, 0.05) is 54.7 Å². The first-order chi connectivity index (χ1) is 15.2. The summed E-state index contributed by atoms with van der Waals surface area (Å²) in [6.45, 7) is 3.80. The summed E-state index contributed by atoms with van der Waals surface area (Å²) in [5, 5.41) is 7.27. The highest BCUT2D eigenvalue weighted by atomic mass is 19.1. The summed E-state index contributed by atoms with van der Waals surface area (Å²) < 4.78 is 16.2. The van der Waals surface area contributed by atoms with Crippen LogP contribution >= 0.6 is 0 Å². The molecule has 1 fully saturated rings. The summed E-state index contributed by atoms with van der Waals surface area (Å²) in [6.07, 6.45) is 3.50. The maximum atomic E-state index is 14.7. The fourth-order valence-electron chi connectivity index (χ4n) is 3.89. The number of anilines is 3. The second-order valence-electron chi connectivity index (χ2n) is 7.37. The zero-order chi connectivity index (χ0) is 21.2. The molecule has 2 aromatic carbocycles. The normalized spacial score (nSPS) is 14.0. The number of carbonyl (C=O) groups excluding carboxylic acids is 1. The van der Waals surface area contributed by atoms with Crippen molar-refractivity contribution in [3.63, 3.8) is 0 Å². The summed E-state index contributed by atoms with van der Waals surface area (Å²) in [6, 6.07) is 15.3. The van der Waals surface area contributed by atoms with Crippen LogP contribution in [0.4, 0.5) is 21.7 Å². The van der Waals surface area contributed by atoms with Crippen molar-refractivity contribution in [2.45, 2.75) is 0 Å². The van der Waals surface area contributed by atoms with E-state index >= 15 is 0 Å². The number of nitrogens with one attached hydrogen (secondary N) is 2. The first kappa shape index (κ1) is 19.2. The maximum Gasteiger partial charge on any atom is 0.229 e. The van der Waals surface area contributed by atoms with Gasteiger partial charge in [0.15, 0.2) is 17.9 Å². The fraction of sp³-hybridized carbons (Fsp3) is 0.174. The molecule has 7 nitrogen and oxygen atoms in total. The molecule has 0 atom stereocenters. The number of hydrogen-bond donors (Lipinski definition) is 2. The van der Waals surface area contributed by atoms with Crippen LogP contribution in [0.5, 0.6) is 0 Å². The number of halogens is 1. The van der Waals surface area contributed by atoms with Gasteiger partial charge in [-0.25, -0.2) is 9.37 Å². The fourth-order valence-corrected chi connectivity index (χ4v) is 3.89. The van der Waals surface area contributed by atoms with Crippen LogP contribution in [-0.4, -0.2) is 47.0 Å². The first-order valence-electron chi connectivity index (χ1n) is 10.1. The molecule has 4 aromatic rings. The van der Waals surface area contributed by atoms with Gasteiger partial charge in [-0.15, -0.1) is 0 Å². The molecular formula is C23H21FN6O. The van der Waals surface area contributed by atoms with E-state index < -0.39 is 5.82 Å². The molecular weight excluding hydrogens is 395 g/mol. The van der Waals surface area contributed by atoms with E-state index in [-0.39, 0.29) is 11.8 Å². The molecule has 5 rings (SSSR count). The average molecular weight is 416 g/mol. The number of aldehydes is 1. The third-order valence-electron chi connectivity index (χ3n) is 5.41. The van der Waals surface area contributed by atoms with E-state index in [1.807, 2.05) is 42.5 Å². The number of fused-ring (bicyclic) bond motifs is 1. The van der Waals surface area contributed by atoms with Gasteiger partial charge < -0.3 is 15.5 Å². The number of para-hydroxylation sites is 1. The first-order valence-corrected chi connectivity index (χ1v) is 10.1. The van der Waals surface area contributed by atoms with Crippen molar-refractivity contribution in [1.29, 1.82) is 0 Å². The minimum atomic E-state index is -0.571. The summed E-state index contributed by atoms with van der Waals surface area (Å²) in [5.74, 6) is -0.210. The lowest BCUT2D eigenvalue weighted by atomic mass is 10.2. The predicted molar refractivity (Wildman–Crippen MR) is 119 cm³/mol. The quantitative estimate of drug-likeness (QED) is 0.485. The van der Waals surface area contributed by atoms with E-state index in [1.165, 1.54) is 0 Å². The second kappa shape index (κ2) is 8.16. The molecule has 1 saturated heterocycles. The number of piperazine rings is 1. The van der Waals surface area contributed by atoms with Crippen molar-refractivity contribution in [2.75, 3.05) is 36.4 Å². The number of aromatic nitrogens is 3. The van der Waals surface area contributed by atoms with E-state index in [0.29, 0.717) is 11.1 Å². The van der Waals surface area contributed by atoms with Gasteiger partial charge in [0.2, 0.25) is 5.95 Å². The van der Waals surface area contributed by atoms with E-state index in [9.17, 15) is 9.18 Å². The molecule has 156 valence electrons. The predicted octanol–water partition coefficient (Wildman–Crippen LogP) is 3.53. The summed E-state index contributed by atoms with van der Waals surface area (Å²) in [4.78, 5) is 22.3. The zero-order valence-electron chi connectivity index (χ0n) is 16.8. The van der Waals surface area contributed by atoms with Crippen LogP contribution in [0, 0.1) is 5.82 Å². The van der Waals surface area contributed by atoms with E-state index in [2.05, 4.69) is 31.6 Å². The van der Waals surface area contributed by atoms with Crippen molar-refractivity contribution in [1.82, 2.24) is 19.9 Å². The Morgan fingerprint density at radius 2 is 1.94 bits per heavy atom. The highest BCUT2D eigenvalue weighted by Crippen LogP contribution is 2.26. The highest BCUT2D eigenvalue weighted by molar-refractivity contribution is 5.98. The van der Waals surface area contributed by atoms with Crippen LogP contribution in [0.25, 0.3) is 16.7 Å². The number of hydrogen-bond acceptors (Lipinski definition) is 6. The lowest BCUT2D eigenvalue weighted by Crippen LogP contribution is -2.43. The molecule has 8 heteroatoms. The molecule has 0 aliphatic carbocycles. The molecule has 0 radical (unpaired) electrons. The zero-order valence-corrected chi connectivity index (χ0v) is 16.8. The van der Waals surface area contributed by atoms with Gasteiger partial charge in [-0.2, -0.15) is 4.98 Å². The maximum absolute atomic E-state index is 14.7. The standard InChI is InChI=1S/C23H21FN6O/c24-20-13-26-23(27-17-4-3-5-18(12-17)29-10-8-25-9-11-29)28-22(20)30-14-16(15-31)19-6-1-2-7-21(19)30/h1-7,12-15,25H,8-11H2,(H,26,27,28). The third-order valence-corrected chi connectivity index (χ3v) is 5.41. The second-order valence-corrected chi connectivity index (χ2v) is 7.37. The van der Waals surface area contributed by atoms with Crippen molar-refractivity contribution < 1.29 is 9.18 Å². The Labute approximate surface area is 178 Å². The van der Waals surface area contributed by atoms with Gasteiger partial charge in [0.25, 0.3) is 0 Å². The average Bonchev–Trinajstić information content (AvgIpc) is 3.20. The molecule has 31 heavy (non-hydrogen) atoms. The van der Waals surface area contributed by atoms with Gasteiger partial charge in [0.1, 0.15) is 0 Å². The van der Waals surface area contributed by atoms with Crippen LogP contribution in [-0.2, 0) is 0 Å². The van der Waals surface area contributed by atoms with E-state index in [1.54, 1.807) is 10.8 Å². The number of rotatable bonds is 5. The molecule has 0 spiro atoms. The third kappa shape index (κ3) is 3.73. The van der Waals surface area contributed by atoms with Gasteiger partial charge in [-0.05, 0) is 24.3 Å². The van der Waals surface area contributed by atoms with Crippen LogP contribution in [0.3, 0.4) is 0 Å². The Bertz CT molecular complexity index is 1250. The van der Waals surface area contributed by atoms with Crippen molar-refractivity contribution in [3.8, 4) is 5.82 Å². The topological polar surface area (TPSA) is 75.1 Å². The molecule has 3 heterocycles. The Kier molecular flexibility index (Phi) is 5.05. The summed E-state index contributed by atoms with van der Waals surface area (Å²) in [7, 11) is 0. The van der Waals surface area contributed by atoms with Crippen molar-refractivity contribution in [2.24, 2.45) is 0 Å². The van der Waals surface area contributed by atoms with Gasteiger partial charge >= 0.3 is 0 Å². The van der Waals surface area contributed by atoms with Crippen molar-refractivity contribution >= 4 is 34.5 Å². The van der Waals surface area contributed by atoms with Crippen LogP contribution in [0.15, 0.2) is 60.9 Å².